The maximum absolute atomic E-state index is 11.9. The number of hydrogen-bond acceptors (Lipinski definition) is 2. The van der Waals surface area contributed by atoms with E-state index in [1.54, 1.807) is 0 Å². The van der Waals surface area contributed by atoms with Crippen molar-refractivity contribution in [2.75, 3.05) is 18.0 Å². The van der Waals surface area contributed by atoms with Crippen molar-refractivity contribution in [3.05, 3.63) is 29.8 Å². The van der Waals surface area contributed by atoms with Crippen LogP contribution in [0.3, 0.4) is 0 Å². The van der Waals surface area contributed by atoms with Crippen molar-refractivity contribution in [2.24, 2.45) is 0 Å². The quantitative estimate of drug-likeness (QED) is 0.787. The van der Waals surface area contributed by atoms with Crippen molar-refractivity contribution < 1.29 is 4.79 Å². The first-order valence-corrected chi connectivity index (χ1v) is 6.30. The number of para-hydroxylation sites is 1. The minimum atomic E-state index is 0.232. The number of anilines is 1. The number of amides is 1. The number of carbonyl (C=O) groups is 1. The molecule has 0 aromatic heterocycles. The highest BCUT2D eigenvalue weighted by Crippen LogP contribution is 2.28. The lowest BCUT2D eigenvalue weighted by molar-refractivity contribution is -0.117. The summed E-state index contributed by atoms with van der Waals surface area (Å²) in [4.78, 5) is 13.8. The minimum Gasteiger partial charge on any atom is -0.314 e. The second-order valence-electron chi connectivity index (χ2n) is 4.81. The van der Waals surface area contributed by atoms with Gasteiger partial charge in [-0.1, -0.05) is 32.0 Å². The molecule has 0 atom stereocenters. The summed E-state index contributed by atoms with van der Waals surface area (Å²) in [5.41, 5.74) is 2.26. The molecule has 0 saturated heterocycles. The van der Waals surface area contributed by atoms with Crippen LogP contribution in [0.5, 0.6) is 0 Å². The summed E-state index contributed by atoms with van der Waals surface area (Å²) in [5.74, 6) is 0.232. The third kappa shape index (κ3) is 2.86. The fourth-order valence-electron chi connectivity index (χ4n) is 2.19. The molecule has 1 amide bonds. The van der Waals surface area contributed by atoms with Gasteiger partial charge in [0.25, 0.3) is 0 Å². The van der Waals surface area contributed by atoms with Gasteiger partial charge in [-0.15, -0.1) is 0 Å². The molecule has 1 aromatic rings. The number of nitrogens with zero attached hydrogens (tertiary/aromatic N) is 1. The molecule has 0 unspecified atom stereocenters. The van der Waals surface area contributed by atoms with Crippen LogP contribution in [-0.4, -0.2) is 25.0 Å². The summed E-state index contributed by atoms with van der Waals surface area (Å²) in [6.45, 7) is 6.05. The predicted molar refractivity (Wildman–Crippen MR) is 70.3 cm³/mol. The first-order chi connectivity index (χ1) is 8.18. The van der Waals surface area contributed by atoms with Crippen LogP contribution in [0.15, 0.2) is 24.3 Å². The Hall–Kier alpha value is -1.35. The Morgan fingerprint density at radius 3 is 2.88 bits per heavy atom. The van der Waals surface area contributed by atoms with Gasteiger partial charge >= 0.3 is 0 Å². The normalized spacial score (nSPS) is 14.5. The van der Waals surface area contributed by atoms with E-state index in [2.05, 4.69) is 19.2 Å². The summed E-state index contributed by atoms with van der Waals surface area (Å²) in [5, 5.41) is 3.37. The average Bonchev–Trinajstić information content (AvgIpc) is 2.60. The maximum Gasteiger partial charge on any atom is 0.231 e. The second kappa shape index (κ2) is 5.32. The van der Waals surface area contributed by atoms with Crippen molar-refractivity contribution in [3.63, 3.8) is 0 Å². The van der Waals surface area contributed by atoms with Crippen molar-refractivity contribution >= 4 is 11.6 Å². The molecule has 0 fully saturated rings. The fourth-order valence-corrected chi connectivity index (χ4v) is 2.19. The van der Waals surface area contributed by atoms with E-state index in [4.69, 9.17) is 0 Å². The van der Waals surface area contributed by atoms with Gasteiger partial charge in [0, 0.05) is 18.3 Å². The lowest BCUT2D eigenvalue weighted by Crippen LogP contribution is -2.31. The summed E-state index contributed by atoms with van der Waals surface area (Å²) >= 11 is 0. The zero-order valence-corrected chi connectivity index (χ0v) is 10.6. The van der Waals surface area contributed by atoms with Crippen molar-refractivity contribution in [1.29, 1.82) is 0 Å². The molecule has 1 aliphatic heterocycles. The van der Waals surface area contributed by atoms with E-state index < -0.39 is 0 Å². The zero-order chi connectivity index (χ0) is 12.3. The molecule has 1 aromatic carbocycles. The molecular formula is C14H20N2O. The zero-order valence-electron chi connectivity index (χ0n) is 10.6. The van der Waals surface area contributed by atoms with Crippen LogP contribution in [0.1, 0.15) is 25.8 Å². The summed E-state index contributed by atoms with van der Waals surface area (Å²) < 4.78 is 0. The van der Waals surface area contributed by atoms with Crippen molar-refractivity contribution in [3.8, 4) is 0 Å². The van der Waals surface area contributed by atoms with Gasteiger partial charge in [0.2, 0.25) is 5.91 Å². The number of nitrogens with one attached hydrogen (secondary N) is 1. The van der Waals surface area contributed by atoms with Crippen LogP contribution < -0.4 is 10.2 Å². The molecule has 0 aliphatic carbocycles. The maximum atomic E-state index is 11.9. The highest BCUT2D eigenvalue weighted by Gasteiger charge is 2.25. The number of rotatable bonds is 5. The highest BCUT2D eigenvalue weighted by atomic mass is 16.2. The average molecular weight is 232 g/mol. The smallest absolute Gasteiger partial charge is 0.231 e. The van der Waals surface area contributed by atoms with Crippen LogP contribution in [0.25, 0.3) is 0 Å². The molecule has 0 radical (unpaired) electrons. The van der Waals surface area contributed by atoms with Gasteiger partial charge in [-0.25, -0.2) is 0 Å². The molecule has 17 heavy (non-hydrogen) atoms. The first kappa shape index (κ1) is 12.1. The number of benzene rings is 1. The van der Waals surface area contributed by atoms with Crippen molar-refractivity contribution in [2.45, 2.75) is 32.7 Å². The third-order valence-electron chi connectivity index (χ3n) is 3.04. The SMILES string of the molecule is CC(C)NCCCN1C(=O)Cc2ccccc21. The van der Waals surface area contributed by atoms with Gasteiger partial charge in [-0.2, -0.15) is 0 Å². The van der Waals surface area contributed by atoms with Crippen LogP contribution >= 0.6 is 0 Å². The second-order valence-corrected chi connectivity index (χ2v) is 4.81. The van der Waals surface area contributed by atoms with Gasteiger partial charge in [0.1, 0.15) is 0 Å². The highest BCUT2D eigenvalue weighted by molar-refractivity contribution is 6.01. The van der Waals surface area contributed by atoms with Crippen LogP contribution in [0.4, 0.5) is 5.69 Å². The van der Waals surface area contributed by atoms with Crippen LogP contribution in [0.2, 0.25) is 0 Å². The molecular weight excluding hydrogens is 212 g/mol. The molecule has 3 nitrogen and oxygen atoms in total. The van der Waals surface area contributed by atoms with Crippen molar-refractivity contribution in [1.82, 2.24) is 5.32 Å². The van der Waals surface area contributed by atoms with E-state index >= 15 is 0 Å². The van der Waals surface area contributed by atoms with Gasteiger partial charge in [0.05, 0.1) is 6.42 Å². The summed E-state index contributed by atoms with van der Waals surface area (Å²) in [6.07, 6.45) is 1.56. The van der Waals surface area contributed by atoms with Crippen LogP contribution in [-0.2, 0) is 11.2 Å². The summed E-state index contributed by atoms with van der Waals surface area (Å²) in [7, 11) is 0. The Labute approximate surface area is 103 Å². The van der Waals surface area contributed by atoms with Gasteiger partial charge in [-0.3, -0.25) is 4.79 Å². The number of fused-ring (bicyclic) bond motifs is 1. The molecule has 1 heterocycles. The molecule has 0 saturated carbocycles. The largest absolute Gasteiger partial charge is 0.314 e. The van der Waals surface area contributed by atoms with E-state index in [1.807, 2.05) is 29.2 Å². The molecule has 1 N–H and O–H groups in total. The number of hydrogen-bond donors (Lipinski definition) is 1. The molecule has 0 spiro atoms. The van der Waals surface area contributed by atoms with E-state index in [-0.39, 0.29) is 5.91 Å². The number of carbonyl (C=O) groups excluding carboxylic acids is 1. The van der Waals surface area contributed by atoms with E-state index in [1.165, 1.54) is 0 Å². The predicted octanol–water partition coefficient (Wildman–Crippen LogP) is 1.96. The molecule has 2 rings (SSSR count). The molecule has 0 bridgehead atoms. The van der Waals surface area contributed by atoms with E-state index in [0.29, 0.717) is 12.5 Å². The first-order valence-electron chi connectivity index (χ1n) is 6.30. The minimum absolute atomic E-state index is 0.232. The Bertz CT molecular complexity index is 401. The Morgan fingerprint density at radius 1 is 1.35 bits per heavy atom. The van der Waals surface area contributed by atoms with E-state index in [9.17, 15) is 4.79 Å². The molecule has 3 heteroatoms. The molecule has 1 aliphatic rings. The Balaban J connectivity index is 1.91. The lowest BCUT2D eigenvalue weighted by atomic mass is 10.2. The van der Waals surface area contributed by atoms with Gasteiger partial charge in [0.15, 0.2) is 0 Å². The van der Waals surface area contributed by atoms with E-state index in [0.717, 1.165) is 30.8 Å². The van der Waals surface area contributed by atoms with Gasteiger partial charge < -0.3 is 10.2 Å². The molecule has 92 valence electrons. The Kier molecular flexibility index (Phi) is 3.79. The topological polar surface area (TPSA) is 32.3 Å². The fraction of sp³-hybridized carbons (Fsp3) is 0.500. The lowest BCUT2D eigenvalue weighted by Gasteiger charge is -2.18. The summed E-state index contributed by atoms with van der Waals surface area (Å²) in [6, 6.07) is 8.58. The Morgan fingerprint density at radius 2 is 2.12 bits per heavy atom. The monoisotopic (exact) mass is 232 g/mol. The van der Waals surface area contributed by atoms with Gasteiger partial charge in [-0.05, 0) is 24.6 Å². The van der Waals surface area contributed by atoms with Crippen LogP contribution in [0, 0.1) is 0 Å². The third-order valence-corrected chi connectivity index (χ3v) is 3.04. The standard InChI is InChI=1S/C14H20N2O/c1-11(2)15-8-5-9-16-13-7-4-3-6-12(13)10-14(16)17/h3-4,6-7,11,15H,5,8-10H2,1-2H3.